The molecule has 8 nitrogen and oxygen atoms in total. The number of amides is 1. The summed E-state index contributed by atoms with van der Waals surface area (Å²) < 4.78 is 11.2. The van der Waals surface area contributed by atoms with Crippen LogP contribution in [0.1, 0.15) is 53.4 Å². The smallest absolute Gasteiger partial charge is 0.259 e. The maximum Gasteiger partial charge on any atom is 0.259 e. The molecule has 2 saturated heterocycles. The third-order valence-corrected chi connectivity index (χ3v) is 5.21. The number of aryl methyl sites for hydroxylation is 2. The highest BCUT2D eigenvalue weighted by molar-refractivity contribution is 5.96. The molecule has 4 rings (SSSR count). The van der Waals surface area contributed by atoms with Gasteiger partial charge in [-0.25, -0.2) is 9.97 Å². The van der Waals surface area contributed by atoms with Crippen LogP contribution < -0.4 is 4.90 Å². The molecule has 1 amide bonds. The van der Waals surface area contributed by atoms with E-state index in [4.69, 9.17) is 14.2 Å². The number of anilines is 1. The zero-order chi connectivity index (χ0) is 18.8. The molecular formula is C19H25N5O3. The molecule has 0 N–H and O–H groups in total. The topological polar surface area (TPSA) is 84.6 Å². The number of rotatable bonds is 4. The number of hydrogen-bond acceptors (Lipinski definition) is 7. The van der Waals surface area contributed by atoms with Crippen LogP contribution in [0, 0.1) is 6.92 Å². The number of hydrogen-bond donors (Lipinski definition) is 0. The molecule has 27 heavy (non-hydrogen) atoms. The molecule has 2 aliphatic rings. The van der Waals surface area contributed by atoms with Gasteiger partial charge in [0.15, 0.2) is 0 Å². The fourth-order valence-corrected chi connectivity index (χ4v) is 3.71. The van der Waals surface area contributed by atoms with Crippen molar-refractivity contribution in [2.45, 2.75) is 39.2 Å². The van der Waals surface area contributed by atoms with Crippen molar-refractivity contribution in [2.75, 3.05) is 37.7 Å². The Labute approximate surface area is 158 Å². The Kier molecular flexibility index (Phi) is 5.07. The molecule has 4 heterocycles. The standard InChI is InChI=1S/C19H25N5O3/c1-3-15-17(13(2)22-27-15)18(25)24-10-11-26-16(12-24)14-6-7-20-19(21-14)23-8-4-5-9-23/h6-7,16H,3-5,8-12H2,1-2H3/t16-/m1/s1. The Bertz CT molecular complexity index is 815. The number of aromatic nitrogens is 3. The lowest BCUT2D eigenvalue weighted by atomic mass is 10.1. The highest BCUT2D eigenvalue weighted by atomic mass is 16.5. The van der Waals surface area contributed by atoms with E-state index in [1.165, 1.54) is 12.8 Å². The van der Waals surface area contributed by atoms with Crippen LogP contribution >= 0.6 is 0 Å². The van der Waals surface area contributed by atoms with Gasteiger partial charge < -0.3 is 19.1 Å². The Hall–Kier alpha value is -2.48. The molecule has 0 aromatic carbocycles. The first-order valence-electron chi connectivity index (χ1n) is 9.61. The summed E-state index contributed by atoms with van der Waals surface area (Å²) >= 11 is 0. The lowest BCUT2D eigenvalue weighted by molar-refractivity contribution is -0.0248. The van der Waals surface area contributed by atoms with E-state index in [1.807, 2.05) is 17.9 Å². The van der Waals surface area contributed by atoms with Crippen molar-refractivity contribution in [1.82, 2.24) is 20.0 Å². The monoisotopic (exact) mass is 371 g/mol. The fraction of sp³-hybridized carbons (Fsp3) is 0.579. The zero-order valence-electron chi connectivity index (χ0n) is 15.8. The van der Waals surface area contributed by atoms with Crippen LogP contribution in [-0.4, -0.2) is 58.7 Å². The van der Waals surface area contributed by atoms with Crippen LogP contribution in [0.2, 0.25) is 0 Å². The molecule has 0 saturated carbocycles. The summed E-state index contributed by atoms with van der Waals surface area (Å²) in [6.45, 7) is 7.24. The molecule has 2 aromatic rings. The van der Waals surface area contributed by atoms with Crippen molar-refractivity contribution < 1.29 is 14.1 Å². The lowest BCUT2D eigenvalue weighted by Crippen LogP contribution is -2.43. The Morgan fingerprint density at radius 2 is 2.11 bits per heavy atom. The van der Waals surface area contributed by atoms with Gasteiger partial charge in [0, 0.05) is 32.3 Å². The minimum Gasteiger partial charge on any atom is -0.368 e. The molecule has 0 unspecified atom stereocenters. The van der Waals surface area contributed by atoms with E-state index in [2.05, 4.69) is 15.0 Å². The van der Waals surface area contributed by atoms with Crippen molar-refractivity contribution in [3.05, 3.63) is 35.0 Å². The Balaban J connectivity index is 1.52. The Morgan fingerprint density at radius 3 is 2.89 bits per heavy atom. The highest BCUT2D eigenvalue weighted by Crippen LogP contribution is 2.25. The predicted octanol–water partition coefficient (Wildman–Crippen LogP) is 2.15. The number of morpholine rings is 1. The first-order chi connectivity index (χ1) is 13.2. The van der Waals surface area contributed by atoms with E-state index in [1.54, 1.807) is 13.1 Å². The molecule has 0 bridgehead atoms. The fourth-order valence-electron chi connectivity index (χ4n) is 3.71. The van der Waals surface area contributed by atoms with Crippen LogP contribution in [0.15, 0.2) is 16.8 Å². The molecule has 2 fully saturated rings. The number of carbonyl (C=O) groups excluding carboxylic acids is 1. The second-order valence-electron chi connectivity index (χ2n) is 7.01. The van der Waals surface area contributed by atoms with Crippen LogP contribution in [0.4, 0.5) is 5.95 Å². The quantitative estimate of drug-likeness (QED) is 0.814. The average Bonchev–Trinajstić information content (AvgIpc) is 3.37. The van der Waals surface area contributed by atoms with Gasteiger partial charge in [0.1, 0.15) is 17.4 Å². The van der Waals surface area contributed by atoms with Crippen molar-refractivity contribution in [3.8, 4) is 0 Å². The summed E-state index contributed by atoms with van der Waals surface area (Å²) in [6.07, 6.45) is 4.51. The summed E-state index contributed by atoms with van der Waals surface area (Å²) in [7, 11) is 0. The van der Waals surface area contributed by atoms with E-state index < -0.39 is 0 Å². The minimum atomic E-state index is -0.253. The predicted molar refractivity (Wildman–Crippen MR) is 98.7 cm³/mol. The summed E-state index contributed by atoms with van der Waals surface area (Å²) in [6, 6.07) is 1.88. The molecule has 0 radical (unpaired) electrons. The molecule has 2 aromatic heterocycles. The molecule has 2 aliphatic heterocycles. The summed E-state index contributed by atoms with van der Waals surface area (Å²) in [5.74, 6) is 1.34. The van der Waals surface area contributed by atoms with Crippen molar-refractivity contribution in [3.63, 3.8) is 0 Å². The summed E-state index contributed by atoms with van der Waals surface area (Å²) in [4.78, 5) is 26.2. The van der Waals surface area contributed by atoms with Crippen LogP contribution in [-0.2, 0) is 11.2 Å². The van der Waals surface area contributed by atoms with Crippen molar-refractivity contribution in [1.29, 1.82) is 0 Å². The van der Waals surface area contributed by atoms with Gasteiger partial charge in [-0.3, -0.25) is 4.79 Å². The van der Waals surface area contributed by atoms with E-state index in [9.17, 15) is 4.79 Å². The maximum absolute atomic E-state index is 13.0. The minimum absolute atomic E-state index is 0.0484. The second kappa shape index (κ2) is 7.64. The van der Waals surface area contributed by atoms with Gasteiger partial charge in [0.05, 0.1) is 24.5 Å². The van der Waals surface area contributed by atoms with Crippen LogP contribution in [0.25, 0.3) is 0 Å². The number of carbonyl (C=O) groups is 1. The number of ether oxygens (including phenoxy) is 1. The SMILES string of the molecule is CCc1onc(C)c1C(=O)N1CCO[C@@H](c2ccnc(N3CCCC3)n2)C1. The van der Waals surface area contributed by atoms with Crippen LogP contribution in [0.3, 0.4) is 0 Å². The van der Waals surface area contributed by atoms with Crippen LogP contribution in [0.5, 0.6) is 0 Å². The Morgan fingerprint density at radius 1 is 1.30 bits per heavy atom. The third kappa shape index (κ3) is 3.53. The third-order valence-electron chi connectivity index (χ3n) is 5.21. The van der Waals surface area contributed by atoms with Gasteiger partial charge in [0.2, 0.25) is 5.95 Å². The van der Waals surface area contributed by atoms with E-state index in [0.29, 0.717) is 43.1 Å². The molecule has 0 aliphatic carbocycles. The number of nitrogens with zero attached hydrogens (tertiary/aromatic N) is 5. The highest BCUT2D eigenvalue weighted by Gasteiger charge is 2.31. The average molecular weight is 371 g/mol. The summed E-state index contributed by atoms with van der Waals surface area (Å²) in [5, 5.41) is 3.96. The molecule has 144 valence electrons. The molecule has 0 spiro atoms. The largest absolute Gasteiger partial charge is 0.368 e. The zero-order valence-corrected chi connectivity index (χ0v) is 15.8. The molecule has 8 heteroatoms. The van der Waals surface area contributed by atoms with Gasteiger partial charge in [-0.15, -0.1) is 0 Å². The van der Waals surface area contributed by atoms with Gasteiger partial charge in [0.25, 0.3) is 5.91 Å². The second-order valence-corrected chi connectivity index (χ2v) is 7.01. The normalized spacial score (nSPS) is 20.3. The maximum atomic E-state index is 13.0. The van der Waals surface area contributed by atoms with Gasteiger partial charge >= 0.3 is 0 Å². The van der Waals surface area contributed by atoms with Crippen molar-refractivity contribution >= 4 is 11.9 Å². The van der Waals surface area contributed by atoms with Gasteiger partial charge in [-0.1, -0.05) is 12.1 Å². The first-order valence-corrected chi connectivity index (χ1v) is 9.61. The van der Waals surface area contributed by atoms with E-state index >= 15 is 0 Å². The van der Waals surface area contributed by atoms with Gasteiger partial charge in [-0.05, 0) is 25.8 Å². The van der Waals surface area contributed by atoms with Crippen molar-refractivity contribution in [2.24, 2.45) is 0 Å². The van der Waals surface area contributed by atoms with E-state index in [0.717, 1.165) is 24.7 Å². The van der Waals surface area contributed by atoms with Gasteiger partial charge in [-0.2, -0.15) is 0 Å². The van der Waals surface area contributed by atoms with E-state index in [-0.39, 0.29) is 12.0 Å². The molecule has 1 atom stereocenters. The first kappa shape index (κ1) is 17.9. The molecular weight excluding hydrogens is 346 g/mol. The lowest BCUT2D eigenvalue weighted by Gasteiger charge is -2.33. The summed E-state index contributed by atoms with van der Waals surface area (Å²) in [5.41, 5.74) is 2.04.